The van der Waals surface area contributed by atoms with Crippen LogP contribution in [0.2, 0.25) is 0 Å². The summed E-state index contributed by atoms with van der Waals surface area (Å²) in [5.74, 6) is 0. The van der Waals surface area contributed by atoms with Crippen LogP contribution in [-0.2, 0) is 16.2 Å². The molecule has 0 atom stereocenters. The van der Waals surface area contributed by atoms with Crippen LogP contribution in [0.5, 0.6) is 0 Å². The number of rotatable bonds is 4. The van der Waals surface area contributed by atoms with Crippen molar-refractivity contribution < 1.29 is 4.42 Å². The maximum Gasteiger partial charge on any atom is 0.144 e. The van der Waals surface area contributed by atoms with Crippen LogP contribution in [0.25, 0.3) is 88.3 Å². The fourth-order valence-electron chi connectivity index (χ4n) is 13.4. The lowest BCUT2D eigenvalue weighted by molar-refractivity contribution is 0.600. The number of aromatic amines is 1. The minimum absolute atomic E-state index is 0.214. The summed E-state index contributed by atoms with van der Waals surface area (Å²) in [6, 6.07) is 61.3. The van der Waals surface area contributed by atoms with E-state index in [2.05, 4.69) is 229 Å². The molecule has 0 unspecified atom stereocenters. The first-order chi connectivity index (χ1) is 32.8. The molecular weight excluding hydrogens is 825 g/mol. The van der Waals surface area contributed by atoms with Gasteiger partial charge in [0.1, 0.15) is 11.2 Å². The van der Waals surface area contributed by atoms with Gasteiger partial charge in [-0.1, -0.05) is 156 Å². The molecule has 11 aromatic rings. The fourth-order valence-corrected chi connectivity index (χ4v) is 13.4. The first kappa shape index (κ1) is 39.5. The fraction of sp³-hybridized carbons (Fsp3) is 0.169. The van der Waals surface area contributed by atoms with E-state index < -0.39 is 0 Å². The predicted molar refractivity (Wildman–Crippen MR) is 285 cm³/mol. The average Bonchev–Trinajstić information content (AvgIpc) is 4.09. The lowest BCUT2D eigenvalue weighted by Crippen LogP contribution is -2.24. The zero-order valence-electron chi connectivity index (χ0n) is 39.9. The van der Waals surface area contributed by atoms with E-state index in [4.69, 9.17) is 4.42 Å². The molecule has 68 heavy (non-hydrogen) atoms. The molecule has 14 rings (SSSR count). The Morgan fingerprint density at radius 3 is 1.79 bits per heavy atom. The number of hydrogen-bond donors (Lipinski definition) is 1. The van der Waals surface area contributed by atoms with Crippen molar-refractivity contribution in [2.45, 2.75) is 71.6 Å². The molecule has 328 valence electrons. The Morgan fingerprint density at radius 1 is 0.426 bits per heavy atom. The van der Waals surface area contributed by atoms with Gasteiger partial charge in [-0.05, 0) is 141 Å². The molecule has 3 aliphatic rings. The first-order valence-corrected chi connectivity index (χ1v) is 24.3. The number of para-hydroxylation sites is 3. The number of fused-ring (bicyclic) bond motifs is 19. The number of hydrogen-bond acceptors (Lipinski definition) is 2. The van der Waals surface area contributed by atoms with Crippen LogP contribution in [0.3, 0.4) is 0 Å². The van der Waals surface area contributed by atoms with Crippen molar-refractivity contribution >= 4 is 60.8 Å². The molecule has 2 aromatic heterocycles. The molecule has 0 fully saturated rings. The van der Waals surface area contributed by atoms with Gasteiger partial charge in [0.25, 0.3) is 0 Å². The van der Waals surface area contributed by atoms with Crippen LogP contribution in [0.15, 0.2) is 168 Å². The van der Waals surface area contributed by atoms with Gasteiger partial charge in [-0.25, -0.2) is 0 Å². The SMILES string of the molecule is Cc1ccc(-c2cc3c(c4c2[nH]c2ccccc24)-c2ccc(N(c4ccccc4)c4ccc5c(c4)C(C)(C)c4c6c(c7oc8ccccc8c7c4-5)-c4ccccc4C6(C)C)cc2C3(C)C)c(C)c1. The van der Waals surface area contributed by atoms with E-state index in [-0.39, 0.29) is 16.2 Å². The van der Waals surface area contributed by atoms with Crippen molar-refractivity contribution in [1.29, 1.82) is 0 Å². The number of furan rings is 1. The third-order valence-electron chi connectivity index (χ3n) is 16.5. The molecule has 1 N–H and O–H groups in total. The Kier molecular flexibility index (Phi) is 7.73. The van der Waals surface area contributed by atoms with Crippen molar-refractivity contribution in [3.63, 3.8) is 0 Å². The number of aromatic nitrogens is 1. The summed E-state index contributed by atoms with van der Waals surface area (Å²) in [6.07, 6.45) is 0. The lowest BCUT2D eigenvalue weighted by atomic mass is 9.72. The third-order valence-corrected chi connectivity index (χ3v) is 16.5. The molecule has 3 aliphatic carbocycles. The summed E-state index contributed by atoms with van der Waals surface area (Å²) >= 11 is 0. The highest BCUT2D eigenvalue weighted by atomic mass is 16.3. The van der Waals surface area contributed by atoms with E-state index in [0.29, 0.717) is 0 Å². The van der Waals surface area contributed by atoms with Crippen LogP contribution < -0.4 is 4.90 Å². The minimum atomic E-state index is -0.307. The normalized spacial score (nSPS) is 15.4. The summed E-state index contributed by atoms with van der Waals surface area (Å²) in [5.41, 5.74) is 28.1. The molecule has 2 heterocycles. The first-order valence-electron chi connectivity index (χ1n) is 24.3. The molecule has 0 aliphatic heterocycles. The van der Waals surface area contributed by atoms with Gasteiger partial charge in [-0.15, -0.1) is 0 Å². The Balaban J connectivity index is 0.980. The van der Waals surface area contributed by atoms with E-state index in [9.17, 15) is 0 Å². The number of nitrogens with one attached hydrogen (secondary N) is 1. The maximum atomic E-state index is 6.98. The van der Waals surface area contributed by atoms with Gasteiger partial charge < -0.3 is 14.3 Å². The van der Waals surface area contributed by atoms with Gasteiger partial charge >= 0.3 is 0 Å². The van der Waals surface area contributed by atoms with Gasteiger partial charge in [0.2, 0.25) is 0 Å². The molecule has 0 saturated heterocycles. The second kappa shape index (κ2) is 13.3. The van der Waals surface area contributed by atoms with Crippen molar-refractivity contribution in [3.8, 4) is 44.5 Å². The lowest BCUT2D eigenvalue weighted by Gasteiger charge is -2.32. The molecule has 3 nitrogen and oxygen atoms in total. The minimum Gasteiger partial charge on any atom is -0.455 e. The van der Waals surface area contributed by atoms with Crippen molar-refractivity contribution in [2.75, 3.05) is 4.90 Å². The number of aryl methyl sites for hydroxylation is 2. The molecule has 0 bridgehead atoms. The largest absolute Gasteiger partial charge is 0.455 e. The highest BCUT2D eigenvalue weighted by Crippen LogP contribution is 2.64. The number of H-pyrrole nitrogens is 1. The van der Waals surface area contributed by atoms with Crippen LogP contribution in [-0.4, -0.2) is 4.98 Å². The smallest absolute Gasteiger partial charge is 0.144 e. The van der Waals surface area contributed by atoms with Crippen molar-refractivity contribution in [1.82, 2.24) is 4.98 Å². The number of nitrogens with zero attached hydrogens (tertiary/aromatic N) is 1. The zero-order valence-corrected chi connectivity index (χ0v) is 39.9. The van der Waals surface area contributed by atoms with Crippen LogP contribution in [0, 0.1) is 13.8 Å². The highest BCUT2D eigenvalue weighted by Gasteiger charge is 2.49. The van der Waals surface area contributed by atoms with Gasteiger partial charge in [0.15, 0.2) is 0 Å². The Hall–Kier alpha value is -7.62. The molecule has 0 saturated carbocycles. The monoisotopic (exact) mass is 876 g/mol. The van der Waals surface area contributed by atoms with Crippen LogP contribution in [0.4, 0.5) is 17.1 Å². The van der Waals surface area contributed by atoms with Gasteiger partial charge in [0, 0.05) is 71.5 Å². The zero-order chi connectivity index (χ0) is 46.2. The van der Waals surface area contributed by atoms with E-state index in [1.165, 1.54) is 122 Å². The van der Waals surface area contributed by atoms with Gasteiger partial charge in [-0.3, -0.25) is 0 Å². The molecular formula is C65H52N2O. The molecule has 9 aromatic carbocycles. The number of anilines is 3. The van der Waals surface area contributed by atoms with Gasteiger partial charge in [0.05, 0.1) is 5.52 Å². The van der Waals surface area contributed by atoms with Crippen molar-refractivity contribution in [3.05, 3.63) is 208 Å². The average molecular weight is 877 g/mol. The summed E-state index contributed by atoms with van der Waals surface area (Å²) < 4.78 is 6.98. The Bertz CT molecular complexity index is 4020. The standard InChI is InChI=1S/C65H52N2O/c1-36-26-29-41(37(2)32-36)47-35-51-54(56-45-21-13-16-24-52(45)66-61(47)56)43-30-27-39(33-49(43)63(51,3)4)67(38-18-10-9-11-19-38)40-28-31-44-50(34-40)65(7,8)59-55(44)57-46-22-14-17-25-53(46)68-62(57)58-42-20-12-15-23-48(42)64(5,6)60(58)59/h9-35,66H,1-8H3. The molecule has 0 spiro atoms. The quantitative estimate of drug-likeness (QED) is 0.191. The van der Waals surface area contributed by atoms with Crippen LogP contribution >= 0.6 is 0 Å². The Morgan fingerprint density at radius 2 is 1.03 bits per heavy atom. The summed E-state index contributed by atoms with van der Waals surface area (Å²) in [5, 5.41) is 4.98. The van der Waals surface area contributed by atoms with Gasteiger partial charge in [-0.2, -0.15) is 0 Å². The van der Waals surface area contributed by atoms with E-state index in [1.807, 2.05) is 0 Å². The summed E-state index contributed by atoms with van der Waals surface area (Å²) in [4.78, 5) is 6.39. The maximum absolute atomic E-state index is 6.98. The van der Waals surface area contributed by atoms with E-state index in [1.54, 1.807) is 0 Å². The number of benzene rings is 9. The predicted octanol–water partition coefficient (Wildman–Crippen LogP) is 17.9. The molecule has 0 radical (unpaired) electrons. The molecule has 0 amide bonds. The Labute approximate surface area is 397 Å². The highest BCUT2D eigenvalue weighted by molar-refractivity contribution is 6.22. The summed E-state index contributed by atoms with van der Waals surface area (Å²) in [7, 11) is 0. The van der Waals surface area contributed by atoms with Crippen molar-refractivity contribution in [2.24, 2.45) is 0 Å². The van der Waals surface area contributed by atoms with Crippen LogP contribution in [0.1, 0.15) is 86.1 Å². The topological polar surface area (TPSA) is 32.2 Å². The van der Waals surface area contributed by atoms with E-state index in [0.717, 1.165) is 28.2 Å². The summed E-state index contributed by atoms with van der Waals surface area (Å²) in [6.45, 7) is 19.0. The van der Waals surface area contributed by atoms with E-state index >= 15 is 0 Å². The molecule has 3 heteroatoms. The second-order valence-electron chi connectivity index (χ2n) is 21.4. The second-order valence-corrected chi connectivity index (χ2v) is 21.4. The third kappa shape index (κ3) is 4.98.